The summed E-state index contributed by atoms with van der Waals surface area (Å²) in [5.41, 5.74) is 3.27. The molecule has 4 heteroatoms. The quantitative estimate of drug-likeness (QED) is 0.515. The van der Waals surface area contributed by atoms with Gasteiger partial charge < -0.3 is 4.98 Å². The van der Waals surface area contributed by atoms with Gasteiger partial charge in [-0.3, -0.25) is 0 Å². The fourth-order valence-corrected chi connectivity index (χ4v) is 2.84. The Bertz CT molecular complexity index is 975. The predicted molar refractivity (Wildman–Crippen MR) is 84.0 cm³/mol. The Labute approximate surface area is 125 Å². The Morgan fingerprint density at radius 1 is 1.05 bits per heavy atom. The Balaban J connectivity index is 2.00. The number of hydrogen-bond acceptors (Lipinski definition) is 1. The van der Waals surface area contributed by atoms with E-state index in [4.69, 9.17) is 11.6 Å². The van der Waals surface area contributed by atoms with Crippen molar-refractivity contribution in [3.8, 4) is 11.3 Å². The molecule has 0 unspecified atom stereocenters. The molecule has 4 rings (SSSR count). The van der Waals surface area contributed by atoms with E-state index in [1.807, 2.05) is 42.6 Å². The molecule has 4 aromatic rings. The zero-order valence-electron chi connectivity index (χ0n) is 10.9. The molecule has 2 heterocycles. The van der Waals surface area contributed by atoms with E-state index < -0.39 is 0 Å². The second-order valence-corrected chi connectivity index (χ2v) is 5.31. The van der Waals surface area contributed by atoms with Crippen LogP contribution in [0.15, 0.2) is 54.7 Å². The molecule has 0 atom stereocenters. The van der Waals surface area contributed by atoms with Gasteiger partial charge in [0.25, 0.3) is 0 Å². The molecule has 0 radical (unpaired) electrons. The van der Waals surface area contributed by atoms with Crippen molar-refractivity contribution in [3.63, 3.8) is 0 Å². The second kappa shape index (κ2) is 4.57. The average molecular weight is 297 g/mol. The lowest BCUT2D eigenvalue weighted by atomic mass is 10.1. The summed E-state index contributed by atoms with van der Waals surface area (Å²) in [5.74, 6) is -0.353. The van der Waals surface area contributed by atoms with Gasteiger partial charge in [0.1, 0.15) is 5.82 Å². The molecule has 1 N–H and O–H groups in total. The minimum absolute atomic E-state index is 0.353. The second-order valence-electron chi connectivity index (χ2n) is 4.90. The lowest BCUT2D eigenvalue weighted by Crippen LogP contribution is -1.84. The molecular weight excluding hydrogens is 287 g/mol. The summed E-state index contributed by atoms with van der Waals surface area (Å²) < 4.78 is 13.6. The van der Waals surface area contributed by atoms with E-state index in [9.17, 15) is 4.39 Å². The molecule has 0 aliphatic heterocycles. The number of para-hydroxylation sites is 1. The van der Waals surface area contributed by atoms with Crippen molar-refractivity contribution in [2.45, 2.75) is 0 Å². The summed E-state index contributed by atoms with van der Waals surface area (Å²) >= 11 is 6.07. The minimum Gasteiger partial charge on any atom is -0.359 e. The predicted octanol–water partition coefficient (Wildman–Crippen LogP) is 5.18. The first-order valence-electron chi connectivity index (χ1n) is 6.55. The zero-order chi connectivity index (χ0) is 14.4. The van der Waals surface area contributed by atoms with Gasteiger partial charge in [-0.25, -0.2) is 9.37 Å². The summed E-state index contributed by atoms with van der Waals surface area (Å²) in [5, 5.41) is 2.19. The van der Waals surface area contributed by atoms with Crippen molar-refractivity contribution in [2.24, 2.45) is 0 Å². The van der Waals surface area contributed by atoms with Crippen LogP contribution in [0.1, 0.15) is 0 Å². The highest BCUT2D eigenvalue weighted by Gasteiger charge is 2.11. The molecule has 0 bridgehead atoms. The van der Waals surface area contributed by atoms with E-state index in [0.717, 1.165) is 33.1 Å². The number of fused-ring (bicyclic) bond motifs is 2. The molecule has 0 fully saturated rings. The summed E-state index contributed by atoms with van der Waals surface area (Å²) in [6, 6.07) is 14.6. The van der Waals surface area contributed by atoms with Gasteiger partial charge in [-0.05, 0) is 24.3 Å². The number of hydrogen-bond donors (Lipinski definition) is 1. The first kappa shape index (κ1) is 12.4. The molecule has 2 nitrogen and oxygen atoms in total. The number of pyridine rings is 1. The first-order valence-corrected chi connectivity index (χ1v) is 6.92. The minimum atomic E-state index is -0.353. The van der Waals surface area contributed by atoms with Gasteiger partial charge in [-0.2, -0.15) is 0 Å². The lowest BCUT2D eigenvalue weighted by Gasteiger charge is -2.02. The van der Waals surface area contributed by atoms with Crippen molar-refractivity contribution in [3.05, 3.63) is 65.6 Å². The molecule has 2 aromatic heterocycles. The number of nitrogens with one attached hydrogen (secondary N) is 1. The maximum atomic E-state index is 13.6. The third kappa shape index (κ3) is 1.98. The topological polar surface area (TPSA) is 28.7 Å². The van der Waals surface area contributed by atoms with E-state index in [2.05, 4.69) is 9.97 Å². The smallest absolute Gasteiger partial charge is 0.125 e. The standard InChI is InChI=1S/C17H10ClFN2/c18-14-8-11(19)7-12-13(9-20-17(12)14)16-6-5-10-3-1-2-4-15(10)21-16/h1-9,20H. The summed E-state index contributed by atoms with van der Waals surface area (Å²) in [6.07, 6.45) is 1.81. The van der Waals surface area contributed by atoms with Gasteiger partial charge in [-0.1, -0.05) is 35.9 Å². The third-order valence-electron chi connectivity index (χ3n) is 3.58. The van der Waals surface area contributed by atoms with Crippen LogP contribution in [-0.2, 0) is 0 Å². The number of aromatic nitrogens is 2. The highest BCUT2D eigenvalue weighted by atomic mass is 35.5. The van der Waals surface area contributed by atoms with Crippen LogP contribution in [0, 0.1) is 5.82 Å². The largest absolute Gasteiger partial charge is 0.359 e. The number of rotatable bonds is 1. The van der Waals surface area contributed by atoms with Gasteiger partial charge in [0.15, 0.2) is 0 Å². The van der Waals surface area contributed by atoms with Crippen LogP contribution in [0.25, 0.3) is 33.1 Å². The van der Waals surface area contributed by atoms with Crippen LogP contribution >= 0.6 is 11.6 Å². The monoisotopic (exact) mass is 296 g/mol. The summed E-state index contributed by atoms with van der Waals surface area (Å²) in [7, 11) is 0. The Morgan fingerprint density at radius 3 is 2.81 bits per heavy atom. The van der Waals surface area contributed by atoms with E-state index in [1.54, 1.807) is 0 Å². The molecule has 0 aliphatic carbocycles. The fourth-order valence-electron chi connectivity index (χ4n) is 2.58. The Hall–Kier alpha value is -2.39. The molecule has 102 valence electrons. The van der Waals surface area contributed by atoms with Crippen molar-refractivity contribution < 1.29 is 4.39 Å². The number of benzene rings is 2. The summed E-state index contributed by atoms with van der Waals surface area (Å²) in [6.45, 7) is 0. The normalized spacial score (nSPS) is 11.3. The molecular formula is C17H10ClFN2. The molecule has 0 saturated heterocycles. The van der Waals surface area contributed by atoms with E-state index in [1.165, 1.54) is 12.1 Å². The number of aromatic amines is 1. The molecule has 2 aromatic carbocycles. The Kier molecular flexibility index (Phi) is 2.69. The van der Waals surface area contributed by atoms with E-state index >= 15 is 0 Å². The summed E-state index contributed by atoms with van der Waals surface area (Å²) in [4.78, 5) is 7.73. The van der Waals surface area contributed by atoms with Gasteiger partial charge >= 0.3 is 0 Å². The maximum absolute atomic E-state index is 13.6. The van der Waals surface area contributed by atoms with Crippen molar-refractivity contribution in [2.75, 3.05) is 0 Å². The van der Waals surface area contributed by atoms with Crippen molar-refractivity contribution >= 4 is 33.4 Å². The SMILES string of the molecule is Fc1cc(Cl)c2[nH]cc(-c3ccc4ccccc4n3)c2c1. The highest BCUT2D eigenvalue weighted by Crippen LogP contribution is 2.32. The number of nitrogens with zero attached hydrogens (tertiary/aromatic N) is 1. The number of H-pyrrole nitrogens is 1. The third-order valence-corrected chi connectivity index (χ3v) is 3.88. The molecule has 21 heavy (non-hydrogen) atoms. The highest BCUT2D eigenvalue weighted by molar-refractivity contribution is 6.35. The van der Waals surface area contributed by atoms with E-state index in [0.29, 0.717) is 5.02 Å². The molecule has 0 saturated carbocycles. The van der Waals surface area contributed by atoms with Gasteiger partial charge in [0.2, 0.25) is 0 Å². The fraction of sp³-hybridized carbons (Fsp3) is 0. The maximum Gasteiger partial charge on any atom is 0.125 e. The lowest BCUT2D eigenvalue weighted by molar-refractivity contribution is 0.630. The molecule has 0 aliphatic rings. The average Bonchev–Trinajstić information content (AvgIpc) is 2.91. The van der Waals surface area contributed by atoms with Gasteiger partial charge in [-0.15, -0.1) is 0 Å². The van der Waals surface area contributed by atoms with Crippen LogP contribution in [0.2, 0.25) is 5.02 Å². The van der Waals surface area contributed by atoms with Crippen molar-refractivity contribution in [1.82, 2.24) is 9.97 Å². The van der Waals surface area contributed by atoms with Gasteiger partial charge in [0.05, 0.1) is 21.7 Å². The zero-order valence-corrected chi connectivity index (χ0v) is 11.7. The van der Waals surface area contributed by atoms with Crippen molar-refractivity contribution in [1.29, 1.82) is 0 Å². The van der Waals surface area contributed by atoms with Crippen LogP contribution in [0.3, 0.4) is 0 Å². The van der Waals surface area contributed by atoms with Crippen LogP contribution in [-0.4, -0.2) is 9.97 Å². The first-order chi connectivity index (χ1) is 10.2. The van der Waals surface area contributed by atoms with Crippen LogP contribution in [0.4, 0.5) is 4.39 Å². The van der Waals surface area contributed by atoms with E-state index in [-0.39, 0.29) is 5.82 Å². The molecule has 0 amide bonds. The molecule has 0 spiro atoms. The van der Waals surface area contributed by atoms with Crippen LogP contribution in [0.5, 0.6) is 0 Å². The number of halogens is 2. The van der Waals surface area contributed by atoms with Crippen LogP contribution < -0.4 is 0 Å². The Morgan fingerprint density at radius 2 is 1.90 bits per heavy atom. The van der Waals surface area contributed by atoms with Gasteiger partial charge in [0, 0.05) is 22.5 Å².